The zero-order valence-electron chi connectivity index (χ0n) is 9.72. The van der Waals surface area contributed by atoms with Gasteiger partial charge in [0.15, 0.2) is 0 Å². The number of thiazole rings is 1. The molecule has 1 rings (SSSR count). The molecule has 0 radical (unpaired) electrons. The van der Waals surface area contributed by atoms with Crippen LogP contribution in [0.1, 0.15) is 45.3 Å². The highest BCUT2D eigenvalue weighted by atomic mass is 32.1. The number of aromatic nitrogens is 1. The molecule has 0 aliphatic rings. The molecule has 14 heavy (non-hydrogen) atoms. The Morgan fingerprint density at radius 1 is 1.29 bits per heavy atom. The average molecular weight is 212 g/mol. The highest BCUT2D eigenvalue weighted by molar-refractivity contribution is 7.09. The van der Waals surface area contributed by atoms with Gasteiger partial charge < -0.3 is 5.73 Å². The largest absolute Gasteiger partial charge is 0.321 e. The lowest BCUT2D eigenvalue weighted by atomic mass is 9.93. The molecular formula is C11H20N2S. The third-order valence-corrected chi connectivity index (χ3v) is 2.74. The van der Waals surface area contributed by atoms with Gasteiger partial charge in [-0.05, 0) is 19.3 Å². The maximum atomic E-state index is 5.98. The Labute approximate surface area is 90.6 Å². The van der Waals surface area contributed by atoms with E-state index in [0.29, 0.717) is 5.41 Å². The molecule has 1 heterocycles. The minimum absolute atomic E-state index is 0.299. The minimum Gasteiger partial charge on any atom is -0.321 e. The highest BCUT2D eigenvalue weighted by Gasteiger charge is 2.20. The van der Waals surface area contributed by atoms with E-state index in [2.05, 4.69) is 31.1 Å². The van der Waals surface area contributed by atoms with E-state index in [1.54, 1.807) is 11.3 Å². The molecule has 0 saturated heterocycles. The van der Waals surface area contributed by atoms with Gasteiger partial charge in [-0.2, -0.15) is 0 Å². The molecule has 80 valence electrons. The number of nitrogens with two attached hydrogens (primary N) is 1. The van der Waals surface area contributed by atoms with Gasteiger partial charge >= 0.3 is 0 Å². The molecular weight excluding hydrogens is 192 g/mol. The Bertz CT molecular complexity index is 302. The summed E-state index contributed by atoms with van der Waals surface area (Å²) in [7, 11) is 0. The summed E-state index contributed by atoms with van der Waals surface area (Å²) in [5.74, 6) is 0. The Balaban J connectivity index is 2.79. The van der Waals surface area contributed by atoms with Crippen LogP contribution < -0.4 is 5.73 Å². The Morgan fingerprint density at radius 3 is 2.21 bits per heavy atom. The van der Waals surface area contributed by atoms with Gasteiger partial charge in [0, 0.05) is 11.8 Å². The predicted octanol–water partition coefficient (Wildman–Crippen LogP) is 2.93. The number of rotatable bonds is 2. The van der Waals surface area contributed by atoms with Gasteiger partial charge in [-0.3, -0.25) is 0 Å². The molecule has 1 aromatic rings. The fraction of sp³-hybridized carbons (Fsp3) is 0.727. The smallest absolute Gasteiger partial charge is 0.0934 e. The third kappa shape index (κ3) is 3.39. The number of nitrogens with zero attached hydrogens (tertiary/aromatic N) is 1. The van der Waals surface area contributed by atoms with Crippen LogP contribution in [0.2, 0.25) is 0 Å². The van der Waals surface area contributed by atoms with Gasteiger partial charge in [-0.25, -0.2) is 4.98 Å². The fourth-order valence-corrected chi connectivity index (χ4v) is 2.41. The van der Waals surface area contributed by atoms with Gasteiger partial charge in [-0.15, -0.1) is 11.3 Å². The van der Waals surface area contributed by atoms with Gasteiger partial charge in [0.2, 0.25) is 0 Å². The van der Waals surface area contributed by atoms with E-state index in [1.165, 1.54) is 5.01 Å². The van der Waals surface area contributed by atoms with Crippen LogP contribution in [0.15, 0.2) is 5.38 Å². The lowest BCUT2D eigenvalue weighted by Gasteiger charge is -2.17. The van der Waals surface area contributed by atoms with Crippen LogP contribution in [0.25, 0.3) is 0 Å². The molecule has 0 saturated carbocycles. The summed E-state index contributed by atoms with van der Waals surface area (Å²) in [6.45, 7) is 10.6. The van der Waals surface area contributed by atoms with E-state index in [9.17, 15) is 0 Å². The molecule has 0 unspecified atom stereocenters. The van der Waals surface area contributed by atoms with Gasteiger partial charge in [0.1, 0.15) is 0 Å². The van der Waals surface area contributed by atoms with Crippen LogP contribution in [0.3, 0.4) is 0 Å². The summed E-state index contributed by atoms with van der Waals surface area (Å²) in [6.07, 6.45) is 1.02. The average Bonchev–Trinajstić information content (AvgIpc) is 2.29. The van der Waals surface area contributed by atoms with Gasteiger partial charge in [-0.1, -0.05) is 20.8 Å². The molecule has 0 spiro atoms. The molecule has 0 fully saturated rings. The monoisotopic (exact) mass is 212 g/mol. The number of hydrogen-bond acceptors (Lipinski definition) is 3. The van der Waals surface area contributed by atoms with Crippen molar-refractivity contribution in [2.75, 3.05) is 0 Å². The first-order valence-electron chi connectivity index (χ1n) is 4.92. The zero-order valence-corrected chi connectivity index (χ0v) is 10.5. The summed E-state index contributed by atoms with van der Waals surface area (Å²) < 4.78 is 0. The first-order valence-corrected chi connectivity index (χ1v) is 5.80. The van der Waals surface area contributed by atoms with E-state index in [-0.39, 0.29) is 5.54 Å². The SMILES string of the molecule is CC(C)(C)Cc1nc(C(C)(C)N)cs1. The quantitative estimate of drug-likeness (QED) is 0.818. The molecule has 0 atom stereocenters. The van der Waals surface area contributed by atoms with Crippen LogP contribution in [0.5, 0.6) is 0 Å². The summed E-state index contributed by atoms with van der Waals surface area (Å²) in [5, 5.41) is 3.26. The van der Waals surface area contributed by atoms with Crippen molar-refractivity contribution in [3.63, 3.8) is 0 Å². The van der Waals surface area contributed by atoms with Crippen LogP contribution in [0.4, 0.5) is 0 Å². The van der Waals surface area contributed by atoms with Gasteiger partial charge in [0.05, 0.1) is 16.2 Å². The van der Waals surface area contributed by atoms with Gasteiger partial charge in [0.25, 0.3) is 0 Å². The van der Waals surface area contributed by atoms with Crippen molar-refractivity contribution in [3.05, 3.63) is 16.1 Å². The van der Waals surface area contributed by atoms with E-state index in [4.69, 9.17) is 5.73 Å². The highest BCUT2D eigenvalue weighted by Crippen LogP contribution is 2.25. The van der Waals surface area contributed by atoms with E-state index >= 15 is 0 Å². The van der Waals surface area contributed by atoms with Crippen molar-refractivity contribution in [2.24, 2.45) is 11.1 Å². The summed E-state index contributed by atoms with van der Waals surface area (Å²) in [4.78, 5) is 4.56. The predicted molar refractivity (Wildman–Crippen MR) is 62.5 cm³/mol. The normalized spacial score (nSPS) is 13.3. The van der Waals surface area contributed by atoms with Crippen LogP contribution in [0, 0.1) is 5.41 Å². The molecule has 0 aliphatic carbocycles. The maximum Gasteiger partial charge on any atom is 0.0934 e. The van der Waals surface area contributed by atoms with Crippen molar-refractivity contribution in [1.29, 1.82) is 0 Å². The molecule has 0 aliphatic heterocycles. The summed E-state index contributed by atoms with van der Waals surface area (Å²) in [6, 6.07) is 0. The summed E-state index contributed by atoms with van der Waals surface area (Å²) >= 11 is 1.71. The maximum absolute atomic E-state index is 5.98. The summed E-state index contributed by atoms with van der Waals surface area (Å²) in [5.41, 5.74) is 6.97. The Kier molecular flexibility index (Phi) is 3.02. The topological polar surface area (TPSA) is 38.9 Å². The molecule has 2 N–H and O–H groups in total. The number of hydrogen-bond donors (Lipinski definition) is 1. The lowest BCUT2D eigenvalue weighted by Crippen LogP contribution is -2.29. The van der Waals surface area contributed by atoms with Crippen molar-refractivity contribution in [2.45, 2.75) is 46.6 Å². The molecule has 3 heteroatoms. The minimum atomic E-state index is -0.313. The lowest BCUT2D eigenvalue weighted by molar-refractivity contribution is 0.409. The Hall–Kier alpha value is -0.410. The second kappa shape index (κ2) is 3.63. The van der Waals surface area contributed by atoms with E-state index < -0.39 is 0 Å². The van der Waals surface area contributed by atoms with Crippen molar-refractivity contribution in [1.82, 2.24) is 4.98 Å². The van der Waals surface area contributed by atoms with Crippen molar-refractivity contribution in [3.8, 4) is 0 Å². The van der Waals surface area contributed by atoms with Crippen molar-refractivity contribution >= 4 is 11.3 Å². The van der Waals surface area contributed by atoms with Crippen LogP contribution in [-0.4, -0.2) is 4.98 Å². The van der Waals surface area contributed by atoms with E-state index in [1.807, 2.05) is 13.8 Å². The van der Waals surface area contributed by atoms with E-state index in [0.717, 1.165) is 12.1 Å². The molecule has 0 amide bonds. The van der Waals surface area contributed by atoms with Crippen LogP contribution in [-0.2, 0) is 12.0 Å². The zero-order chi connectivity index (χ0) is 11.0. The molecule has 0 bridgehead atoms. The first-order chi connectivity index (χ1) is 6.18. The second-order valence-corrected chi connectivity index (χ2v) is 6.53. The Morgan fingerprint density at radius 2 is 1.86 bits per heavy atom. The third-order valence-electron chi connectivity index (χ3n) is 1.89. The van der Waals surface area contributed by atoms with Crippen molar-refractivity contribution < 1.29 is 0 Å². The molecule has 2 nitrogen and oxygen atoms in total. The standard InChI is InChI=1S/C11H20N2S/c1-10(2,3)6-9-13-8(7-14-9)11(4,5)12/h7H,6,12H2,1-5H3. The second-order valence-electron chi connectivity index (χ2n) is 5.59. The molecule has 0 aromatic carbocycles. The molecule has 1 aromatic heterocycles. The fourth-order valence-electron chi connectivity index (χ4n) is 1.14. The van der Waals surface area contributed by atoms with Crippen LogP contribution >= 0.6 is 11.3 Å². The first kappa shape index (κ1) is 11.7.